The molecule has 0 amide bonds. The zero-order chi connectivity index (χ0) is 17.1. The highest BCUT2D eigenvalue weighted by atomic mass is 16.6. The van der Waals surface area contributed by atoms with Crippen LogP contribution in [0, 0.1) is 12.8 Å². The average Bonchev–Trinajstić information content (AvgIpc) is 2.52. The quantitative estimate of drug-likeness (QED) is 0.788. The van der Waals surface area contributed by atoms with Gasteiger partial charge in [0, 0.05) is 12.3 Å². The van der Waals surface area contributed by atoms with Gasteiger partial charge in [-0.25, -0.2) is 0 Å². The van der Waals surface area contributed by atoms with Crippen LogP contribution in [-0.4, -0.2) is 5.78 Å². The normalized spacial score (nSPS) is 11.5. The van der Waals surface area contributed by atoms with E-state index in [9.17, 15) is 4.79 Å². The van der Waals surface area contributed by atoms with Crippen LogP contribution in [0.25, 0.3) is 10.8 Å². The molecule has 0 aliphatic heterocycles. The first kappa shape index (κ1) is 17.5. The Balaban J connectivity index is 2.51. The second kappa shape index (κ2) is 7.14. The second-order valence-electron chi connectivity index (χ2n) is 6.87. The summed E-state index contributed by atoms with van der Waals surface area (Å²) in [6.07, 6.45) is 1.33. The van der Waals surface area contributed by atoms with Crippen LogP contribution >= 0.6 is 0 Å². The van der Waals surface area contributed by atoms with Gasteiger partial charge >= 0.3 is 0 Å². The third-order valence-electron chi connectivity index (χ3n) is 4.51. The first-order valence-corrected chi connectivity index (χ1v) is 8.30. The summed E-state index contributed by atoms with van der Waals surface area (Å²) in [6.45, 7) is 10.2. The van der Waals surface area contributed by atoms with Crippen molar-refractivity contribution >= 4 is 16.6 Å². The van der Waals surface area contributed by atoms with Crippen LogP contribution < -0.4 is 10.7 Å². The molecule has 0 fully saturated rings. The maximum absolute atomic E-state index is 12.0. The predicted octanol–water partition coefficient (Wildman–Crippen LogP) is 4.68. The number of ketones is 1. The van der Waals surface area contributed by atoms with Gasteiger partial charge in [-0.15, -0.1) is 0 Å². The average molecular weight is 313 g/mol. The fraction of sp³-hybridized carbons (Fsp3) is 0.450. The Morgan fingerprint density at radius 1 is 1.17 bits per heavy atom. The maximum atomic E-state index is 12.0. The van der Waals surface area contributed by atoms with Gasteiger partial charge in [-0.3, -0.25) is 4.79 Å². The van der Waals surface area contributed by atoms with Crippen molar-refractivity contribution < 1.29 is 9.63 Å². The topological polar surface area (TPSA) is 52.3 Å². The molecule has 0 aliphatic rings. The zero-order valence-corrected chi connectivity index (χ0v) is 14.8. The van der Waals surface area contributed by atoms with E-state index in [-0.39, 0.29) is 5.92 Å². The molecule has 0 heterocycles. The van der Waals surface area contributed by atoms with E-state index in [0.717, 1.165) is 23.1 Å². The van der Waals surface area contributed by atoms with E-state index < -0.39 is 0 Å². The van der Waals surface area contributed by atoms with Crippen LogP contribution in [0.4, 0.5) is 0 Å². The Hall–Kier alpha value is -1.87. The minimum atomic E-state index is 0.0840. The lowest BCUT2D eigenvalue weighted by molar-refractivity contribution is -0.121. The summed E-state index contributed by atoms with van der Waals surface area (Å²) in [4.78, 5) is 17.1. The van der Waals surface area contributed by atoms with Crippen molar-refractivity contribution in [3.8, 4) is 5.75 Å². The number of carbonyl (C=O) groups excluding carboxylic acids is 1. The standard InChI is InChI=1S/C20H27NO2/c1-12(2)17-10-15-7-6-14(5)16(8-9-19(22)13(3)4)18(15)11-20(17)23-21/h6-7,10-13H,8-9,21H2,1-5H3. The van der Waals surface area contributed by atoms with Gasteiger partial charge in [0.25, 0.3) is 0 Å². The van der Waals surface area contributed by atoms with E-state index in [2.05, 4.69) is 39.0 Å². The van der Waals surface area contributed by atoms with Gasteiger partial charge in [-0.05, 0) is 58.9 Å². The third kappa shape index (κ3) is 3.73. The van der Waals surface area contributed by atoms with Gasteiger partial charge in [0.15, 0.2) is 5.75 Å². The first-order chi connectivity index (χ1) is 10.8. The van der Waals surface area contributed by atoms with Crippen molar-refractivity contribution in [2.24, 2.45) is 11.8 Å². The van der Waals surface area contributed by atoms with Crippen LogP contribution in [0.3, 0.4) is 0 Å². The number of aryl methyl sites for hydroxylation is 2. The Bertz CT molecular complexity index is 717. The van der Waals surface area contributed by atoms with Gasteiger partial charge in [-0.1, -0.05) is 39.8 Å². The summed E-state index contributed by atoms with van der Waals surface area (Å²) in [6, 6.07) is 8.43. The maximum Gasteiger partial charge on any atom is 0.150 e. The molecule has 124 valence electrons. The summed E-state index contributed by atoms with van der Waals surface area (Å²) in [5, 5.41) is 2.30. The Labute approximate surface area is 138 Å². The highest BCUT2D eigenvalue weighted by Crippen LogP contribution is 2.34. The highest BCUT2D eigenvalue weighted by molar-refractivity contribution is 5.90. The molecule has 0 aromatic heterocycles. The van der Waals surface area contributed by atoms with E-state index in [0.29, 0.717) is 18.1 Å². The predicted molar refractivity (Wildman–Crippen MR) is 95.8 cm³/mol. The molecule has 2 rings (SSSR count). The van der Waals surface area contributed by atoms with Crippen molar-refractivity contribution in [1.82, 2.24) is 0 Å². The molecular weight excluding hydrogens is 286 g/mol. The number of hydrogen-bond donors (Lipinski definition) is 1. The van der Waals surface area contributed by atoms with Gasteiger partial charge < -0.3 is 4.84 Å². The number of rotatable bonds is 6. The van der Waals surface area contributed by atoms with Gasteiger partial charge in [0.1, 0.15) is 5.78 Å². The number of Topliss-reactive ketones (excluding diaryl/α,β-unsaturated/α-hetero) is 1. The summed E-state index contributed by atoms with van der Waals surface area (Å²) < 4.78 is 0. The number of nitrogens with two attached hydrogens (primary N) is 1. The van der Waals surface area contributed by atoms with E-state index in [1.165, 1.54) is 16.5 Å². The molecule has 0 unspecified atom stereocenters. The molecular formula is C20H27NO2. The zero-order valence-electron chi connectivity index (χ0n) is 14.8. The molecule has 0 atom stereocenters. The highest BCUT2D eigenvalue weighted by Gasteiger charge is 2.14. The summed E-state index contributed by atoms with van der Waals surface area (Å²) in [5.74, 6) is 6.92. The Morgan fingerprint density at radius 2 is 1.87 bits per heavy atom. The van der Waals surface area contributed by atoms with Crippen LogP contribution in [0.1, 0.15) is 56.7 Å². The molecule has 0 saturated carbocycles. The molecule has 3 heteroatoms. The third-order valence-corrected chi connectivity index (χ3v) is 4.51. The number of hydrogen-bond acceptors (Lipinski definition) is 3. The Kier molecular flexibility index (Phi) is 5.42. The van der Waals surface area contributed by atoms with E-state index >= 15 is 0 Å². The fourth-order valence-corrected chi connectivity index (χ4v) is 2.96. The molecule has 2 N–H and O–H groups in total. The molecule has 0 aliphatic carbocycles. The summed E-state index contributed by atoms with van der Waals surface area (Å²) >= 11 is 0. The lowest BCUT2D eigenvalue weighted by atomic mass is 9.91. The van der Waals surface area contributed by atoms with Crippen molar-refractivity contribution in [2.45, 2.75) is 53.4 Å². The van der Waals surface area contributed by atoms with Crippen LogP contribution in [0.2, 0.25) is 0 Å². The van der Waals surface area contributed by atoms with E-state index in [1.54, 1.807) is 0 Å². The van der Waals surface area contributed by atoms with Gasteiger partial charge in [0.05, 0.1) is 0 Å². The van der Waals surface area contributed by atoms with Crippen molar-refractivity contribution in [3.05, 3.63) is 41.0 Å². The largest absolute Gasteiger partial charge is 0.411 e. The molecule has 2 aromatic rings. The fourth-order valence-electron chi connectivity index (χ4n) is 2.96. The molecule has 0 radical (unpaired) electrons. The molecule has 2 aromatic carbocycles. The molecule has 23 heavy (non-hydrogen) atoms. The molecule has 3 nitrogen and oxygen atoms in total. The van der Waals surface area contributed by atoms with E-state index in [4.69, 9.17) is 10.7 Å². The molecule has 0 bridgehead atoms. The minimum absolute atomic E-state index is 0.0840. The summed E-state index contributed by atoms with van der Waals surface area (Å²) in [5.41, 5.74) is 3.52. The van der Waals surface area contributed by atoms with E-state index in [1.807, 2.05) is 19.9 Å². The van der Waals surface area contributed by atoms with Gasteiger partial charge in [0.2, 0.25) is 0 Å². The monoisotopic (exact) mass is 313 g/mol. The Morgan fingerprint density at radius 3 is 2.43 bits per heavy atom. The van der Waals surface area contributed by atoms with Crippen LogP contribution in [0.5, 0.6) is 5.75 Å². The second-order valence-corrected chi connectivity index (χ2v) is 6.87. The number of fused-ring (bicyclic) bond motifs is 1. The lowest BCUT2D eigenvalue weighted by Gasteiger charge is -2.16. The molecule has 0 saturated heterocycles. The molecule has 0 spiro atoms. The van der Waals surface area contributed by atoms with Crippen LogP contribution in [0.15, 0.2) is 24.3 Å². The SMILES string of the molecule is Cc1ccc2cc(C(C)C)c(ON)cc2c1CCC(=O)C(C)C. The van der Waals surface area contributed by atoms with Gasteiger partial charge in [-0.2, -0.15) is 5.90 Å². The minimum Gasteiger partial charge on any atom is -0.411 e. The van der Waals surface area contributed by atoms with Crippen LogP contribution in [-0.2, 0) is 11.2 Å². The first-order valence-electron chi connectivity index (χ1n) is 8.30. The number of benzene rings is 2. The van der Waals surface area contributed by atoms with Crippen molar-refractivity contribution in [2.75, 3.05) is 0 Å². The summed E-state index contributed by atoms with van der Waals surface area (Å²) in [7, 11) is 0. The number of carbonyl (C=O) groups is 1. The lowest BCUT2D eigenvalue weighted by Crippen LogP contribution is -2.09. The smallest absolute Gasteiger partial charge is 0.150 e. The van der Waals surface area contributed by atoms with Crippen molar-refractivity contribution in [3.63, 3.8) is 0 Å². The van der Waals surface area contributed by atoms with Crippen molar-refractivity contribution in [1.29, 1.82) is 0 Å².